The number of rotatable bonds is 2. The van der Waals surface area contributed by atoms with E-state index in [1.54, 1.807) is 31.3 Å². The maximum atomic E-state index is 12.8. The van der Waals surface area contributed by atoms with E-state index in [-0.39, 0.29) is 5.91 Å². The first kappa shape index (κ1) is 17.6. The normalized spacial score (nSPS) is 17.8. The second-order valence-electron chi connectivity index (χ2n) is 5.48. The maximum Gasteiger partial charge on any atom is 0.416 e. The number of alkyl halides is 3. The molecule has 1 amide bonds. The van der Waals surface area contributed by atoms with Crippen LogP contribution in [0.25, 0.3) is 0 Å². The fourth-order valence-corrected chi connectivity index (χ4v) is 2.94. The summed E-state index contributed by atoms with van der Waals surface area (Å²) in [5.74, 6) is -0.286. The molecule has 0 fully saturated rings. The van der Waals surface area contributed by atoms with Crippen LogP contribution in [0, 0.1) is 0 Å². The smallest absolute Gasteiger partial charge is 0.312 e. The van der Waals surface area contributed by atoms with Crippen LogP contribution < -0.4 is 9.24 Å². The highest BCUT2D eigenvalue weighted by Crippen LogP contribution is 2.31. The molecule has 130 valence electrons. The van der Waals surface area contributed by atoms with Crippen LogP contribution in [-0.4, -0.2) is 24.8 Å². The molecule has 1 N–H and O–H groups in total. The number of carbonyl (C=O) groups is 1. The van der Waals surface area contributed by atoms with Gasteiger partial charge in [-0.15, -0.1) is 0 Å². The van der Waals surface area contributed by atoms with Gasteiger partial charge in [0.2, 0.25) is 0 Å². The number of likely N-dealkylation sites (N-methyl/N-ethyl adjacent to an activating group) is 1. The van der Waals surface area contributed by atoms with Gasteiger partial charge in [0, 0.05) is 34.3 Å². The molecule has 0 aromatic heterocycles. The second-order valence-corrected chi connectivity index (χ2v) is 5.94. The lowest BCUT2D eigenvalue weighted by molar-refractivity contribution is -0.137. The third-order valence-electron chi connectivity index (χ3n) is 3.93. The largest absolute Gasteiger partial charge is 0.416 e. The van der Waals surface area contributed by atoms with Crippen molar-refractivity contribution in [3.8, 4) is 0 Å². The van der Waals surface area contributed by atoms with Crippen molar-refractivity contribution in [2.24, 2.45) is 4.99 Å². The van der Waals surface area contributed by atoms with Crippen LogP contribution in [0.3, 0.4) is 0 Å². The number of hydrogen-bond donors (Lipinski definition) is 1. The van der Waals surface area contributed by atoms with Crippen LogP contribution >= 0.6 is 16.1 Å². The summed E-state index contributed by atoms with van der Waals surface area (Å²) in [6.45, 7) is 0. The average Bonchev–Trinajstić information content (AvgIpc) is 2.71. The van der Waals surface area contributed by atoms with E-state index < -0.39 is 17.9 Å². The number of carbonyl (C=O) groups excluding carboxylic acids is 1. The Kier molecular flexibility index (Phi) is 4.66. The Bertz CT molecular complexity index is 834. The molecule has 1 unspecified atom stereocenters. The molecule has 1 aliphatic rings. The van der Waals surface area contributed by atoms with Gasteiger partial charge in [0.15, 0.2) is 6.17 Å². The predicted octanol–water partition coefficient (Wildman–Crippen LogP) is 3.74. The van der Waals surface area contributed by atoms with Gasteiger partial charge in [0.25, 0.3) is 5.91 Å². The van der Waals surface area contributed by atoms with E-state index in [9.17, 15) is 18.0 Å². The van der Waals surface area contributed by atoms with Crippen molar-refractivity contribution in [3.63, 3.8) is 0 Å². The Morgan fingerprint density at radius 2 is 1.76 bits per heavy atom. The lowest BCUT2D eigenvalue weighted by Gasteiger charge is -2.19. The number of amides is 1. The Morgan fingerprint density at radius 1 is 1.12 bits per heavy atom. The summed E-state index contributed by atoms with van der Waals surface area (Å²) in [6, 6.07) is 11.9. The van der Waals surface area contributed by atoms with Gasteiger partial charge in [-0.05, 0) is 18.2 Å². The van der Waals surface area contributed by atoms with E-state index in [0.717, 1.165) is 12.1 Å². The van der Waals surface area contributed by atoms with Crippen molar-refractivity contribution in [2.75, 3.05) is 11.9 Å². The summed E-state index contributed by atoms with van der Waals surface area (Å²) in [4.78, 5) is 18.4. The lowest BCUT2D eigenvalue weighted by atomic mass is 9.99. The molecule has 1 atom stereocenters. The second kappa shape index (κ2) is 6.61. The summed E-state index contributed by atoms with van der Waals surface area (Å²) >= 11 is 3.04. The highest BCUT2D eigenvalue weighted by molar-refractivity contribution is 9.08. The highest BCUT2D eigenvalue weighted by Gasteiger charge is 2.32. The predicted molar refractivity (Wildman–Crippen MR) is 92.8 cm³/mol. The summed E-state index contributed by atoms with van der Waals surface area (Å²) in [5.41, 5.74) is 1.51. The van der Waals surface area contributed by atoms with Crippen molar-refractivity contribution >= 4 is 33.5 Å². The first-order valence-corrected chi connectivity index (χ1v) is 8.11. The van der Waals surface area contributed by atoms with E-state index in [1.807, 2.05) is 0 Å². The van der Waals surface area contributed by atoms with Gasteiger partial charge < -0.3 is 4.90 Å². The first-order chi connectivity index (χ1) is 11.8. The molecule has 3 rings (SSSR count). The monoisotopic (exact) mass is 411 g/mol. The molecule has 0 aliphatic carbocycles. The van der Waals surface area contributed by atoms with Gasteiger partial charge in [-0.25, -0.2) is 4.34 Å². The number of anilines is 1. The molecule has 8 heteroatoms. The summed E-state index contributed by atoms with van der Waals surface area (Å²) in [7, 11) is 1.63. The Labute approximate surface area is 150 Å². The highest BCUT2D eigenvalue weighted by atomic mass is 79.9. The number of hydrogen-bond acceptors (Lipinski definition) is 3. The molecule has 25 heavy (non-hydrogen) atoms. The van der Waals surface area contributed by atoms with Crippen molar-refractivity contribution < 1.29 is 18.0 Å². The molecule has 1 heterocycles. The quantitative estimate of drug-likeness (QED) is 0.764. The average molecular weight is 412 g/mol. The molecular formula is C17H13BrF3N3O. The zero-order chi connectivity index (χ0) is 18.2. The molecule has 0 saturated carbocycles. The Balaban J connectivity index is 2.15. The van der Waals surface area contributed by atoms with E-state index in [4.69, 9.17) is 0 Å². The van der Waals surface area contributed by atoms with Gasteiger partial charge in [-0.3, -0.25) is 9.79 Å². The van der Waals surface area contributed by atoms with Crippen LogP contribution in [0.4, 0.5) is 18.9 Å². The number of aliphatic imine (C=N–C) groups is 1. The van der Waals surface area contributed by atoms with Crippen LogP contribution in [0.15, 0.2) is 53.5 Å². The van der Waals surface area contributed by atoms with Crippen molar-refractivity contribution in [2.45, 2.75) is 12.3 Å². The number of benzene rings is 2. The molecule has 0 bridgehead atoms. The first-order valence-electron chi connectivity index (χ1n) is 7.31. The van der Waals surface area contributed by atoms with Crippen LogP contribution in [0.5, 0.6) is 0 Å². The number of nitrogens with one attached hydrogen (secondary N) is 1. The van der Waals surface area contributed by atoms with Crippen LogP contribution in [-0.2, 0) is 11.0 Å². The summed E-state index contributed by atoms with van der Waals surface area (Å²) in [6.07, 6.45) is -5.30. The fourth-order valence-electron chi connectivity index (χ4n) is 2.64. The molecule has 2 aromatic rings. The number of halogens is 4. The van der Waals surface area contributed by atoms with Gasteiger partial charge >= 0.3 is 6.18 Å². The van der Waals surface area contributed by atoms with Crippen LogP contribution in [0.1, 0.15) is 16.7 Å². The summed E-state index contributed by atoms with van der Waals surface area (Å²) in [5, 5.41) is 0. The molecule has 4 nitrogen and oxygen atoms in total. The van der Waals surface area contributed by atoms with Gasteiger partial charge in [-0.1, -0.05) is 30.3 Å². The molecule has 0 saturated heterocycles. The minimum Gasteiger partial charge on any atom is -0.312 e. The molecule has 1 aliphatic heterocycles. The number of para-hydroxylation sites is 1. The zero-order valence-electron chi connectivity index (χ0n) is 13.0. The third kappa shape index (κ3) is 3.32. The molecule has 0 radical (unpaired) electrons. The van der Waals surface area contributed by atoms with Crippen molar-refractivity contribution in [3.05, 3.63) is 65.2 Å². The van der Waals surface area contributed by atoms with E-state index in [1.165, 1.54) is 17.0 Å². The molecular weight excluding hydrogens is 399 g/mol. The lowest BCUT2D eigenvalue weighted by Crippen LogP contribution is -2.39. The van der Waals surface area contributed by atoms with Gasteiger partial charge in [0.1, 0.15) is 0 Å². The minimum atomic E-state index is -4.40. The van der Waals surface area contributed by atoms with E-state index in [2.05, 4.69) is 25.5 Å². The van der Waals surface area contributed by atoms with Gasteiger partial charge in [-0.2, -0.15) is 13.2 Å². The summed E-state index contributed by atoms with van der Waals surface area (Å²) < 4.78 is 41.0. The van der Waals surface area contributed by atoms with Crippen LogP contribution in [0.2, 0.25) is 0 Å². The third-order valence-corrected chi connectivity index (χ3v) is 4.37. The van der Waals surface area contributed by atoms with Gasteiger partial charge in [0.05, 0.1) is 17.0 Å². The Hall–Kier alpha value is -2.19. The van der Waals surface area contributed by atoms with E-state index >= 15 is 0 Å². The SMILES string of the molecule is CN1C(=O)C(NBr)N=C(c2ccc(C(F)(F)F)cc2)c2ccccc21. The zero-order valence-corrected chi connectivity index (χ0v) is 14.6. The number of nitrogens with zero attached hydrogens (tertiary/aromatic N) is 2. The van der Waals surface area contributed by atoms with E-state index in [0.29, 0.717) is 22.5 Å². The minimum absolute atomic E-state index is 0.286. The number of fused-ring (bicyclic) bond motifs is 1. The Morgan fingerprint density at radius 3 is 2.36 bits per heavy atom. The molecule has 0 spiro atoms. The van der Waals surface area contributed by atoms with Crippen molar-refractivity contribution in [1.29, 1.82) is 0 Å². The van der Waals surface area contributed by atoms with Crippen molar-refractivity contribution in [1.82, 2.24) is 4.34 Å². The standard InChI is InChI=1S/C17H13BrF3N3O/c1-24-13-5-3-2-4-12(13)14(22-15(23-18)16(24)25)10-6-8-11(9-7-10)17(19,20)21/h2-9,15,23H,1H3. The maximum absolute atomic E-state index is 12.8. The number of benzodiazepines with no additional fused rings is 1. The molecule has 2 aromatic carbocycles. The fraction of sp³-hybridized carbons (Fsp3) is 0.176. The topological polar surface area (TPSA) is 44.7 Å².